The van der Waals surface area contributed by atoms with E-state index in [1.54, 1.807) is 19.4 Å². The number of para-hydroxylation sites is 1. The molecule has 1 amide bonds. The lowest BCUT2D eigenvalue weighted by atomic mass is 10.1. The minimum Gasteiger partial charge on any atom is -0.485 e. The van der Waals surface area contributed by atoms with Gasteiger partial charge < -0.3 is 23.8 Å². The minimum atomic E-state index is -0.210. The van der Waals surface area contributed by atoms with E-state index in [0.717, 1.165) is 16.9 Å². The maximum atomic E-state index is 12.5. The van der Waals surface area contributed by atoms with Gasteiger partial charge in [0.1, 0.15) is 18.1 Å². The Labute approximate surface area is 208 Å². The molecule has 0 saturated carbocycles. The van der Waals surface area contributed by atoms with Crippen LogP contribution in [0.3, 0.4) is 0 Å². The first-order valence-electron chi connectivity index (χ1n) is 11.3. The second-order valence-electron chi connectivity index (χ2n) is 7.79. The Morgan fingerprint density at radius 1 is 1.09 bits per heavy atom. The molecule has 0 fully saturated rings. The van der Waals surface area contributed by atoms with Crippen molar-refractivity contribution in [2.24, 2.45) is 0 Å². The Morgan fingerprint density at radius 3 is 2.66 bits per heavy atom. The van der Waals surface area contributed by atoms with Crippen LogP contribution in [0.15, 0.2) is 82.6 Å². The van der Waals surface area contributed by atoms with Crippen molar-refractivity contribution in [3.8, 4) is 16.9 Å². The van der Waals surface area contributed by atoms with Gasteiger partial charge in [0.25, 0.3) is 0 Å². The summed E-state index contributed by atoms with van der Waals surface area (Å²) < 4.78 is 18.7. The van der Waals surface area contributed by atoms with Crippen LogP contribution in [0, 0.1) is 0 Å². The first kappa shape index (κ1) is 24.6. The molecule has 1 N–H and O–H groups in total. The van der Waals surface area contributed by atoms with E-state index in [1.165, 1.54) is 11.8 Å². The lowest BCUT2D eigenvalue weighted by molar-refractivity contribution is -0.119. The summed E-state index contributed by atoms with van der Waals surface area (Å²) in [5, 5.41) is 12.2. The van der Waals surface area contributed by atoms with Crippen LogP contribution in [0.5, 0.6) is 5.75 Å². The van der Waals surface area contributed by atoms with Gasteiger partial charge in [0, 0.05) is 19.2 Å². The number of hydrogen-bond acceptors (Lipinski definition) is 7. The van der Waals surface area contributed by atoms with Gasteiger partial charge >= 0.3 is 0 Å². The smallest absolute Gasteiger partial charge is 0.231 e. The van der Waals surface area contributed by atoms with Crippen molar-refractivity contribution in [1.82, 2.24) is 20.1 Å². The van der Waals surface area contributed by atoms with Crippen molar-refractivity contribution in [2.45, 2.75) is 31.3 Å². The van der Waals surface area contributed by atoms with E-state index in [1.807, 2.05) is 60.0 Å². The van der Waals surface area contributed by atoms with Gasteiger partial charge in [0.2, 0.25) is 5.91 Å². The second-order valence-corrected chi connectivity index (χ2v) is 8.73. The minimum absolute atomic E-state index is 0.116. The molecule has 0 saturated heterocycles. The van der Waals surface area contributed by atoms with Gasteiger partial charge in [-0.25, -0.2) is 0 Å². The quantitative estimate of drug-likeness (QED) is 0.286. The second kappa shape index (κ2) is 12.2. The normalized spacial score (nSPS) is 11.8. The highest BCUT2D eigenvalue weighted by Gasteiger charge is 2.17. The molecule has 0 aliphatic rings. The Bertz CT molecular complexity index is 1210. The van der Waals surface area contributed by atoms with Crippen LogP contribution in [-0.4, -0.2) is 40.1 Å². The maximum absolute atomic E-state index is 12.5. The van der Waals surface area contributed by atoms with E-state index in [2.05, 4.69) is 27.6 Å². The van der Waals surface area contributed by atoms with Crippen LogP contribution in [0.4, 0.5) is 0 Å². The van der Waals surface area contributed by atoms with Gasteiger partial charge in [-0.2, -0.15) is 0 Å². The van der Waals surface area contributed by atoms with Gasteiger partial charge in [0.15, 0.2) is 11.0 Å². The number of ether oxygens (including phenoxy) is 2. The maximum Gasteiger partial charge on any atom is 0.231 e. The zero-order valence-electron chi connectivity index (χ0n) is 19.7. The highest BCUT2D eigenvalue weighted by Crippen LogP contribution is 2.30. The van der Waals surface area contributed by atoms with E-state index < -0.39 is 0 Å². The topological polar surface area (TPSA) is 91.4 Å². The van der Waals surface area contributed by atoms with Crippen LogP contribution in [-0.2, 0) is 22.7 Å². The SMILES string of the molecule is COCCn1c(COc2ccccc2-c2ccccc2)nnc1SCC(=O)NC(C)c1ccco1. The largest absolute Gasteiger partial charge is 0.485 e. The molecule has 0 bridgehead atoms. The molecule has 2 heterocycles. The fraction of sp³-hybridized carbons (Fsp3) is 0.269. The number of carbonyl (C=O) groups excluding carboxylic acids is 1. The van der Waals surface area contributed by atoms with Crippen molar-refractivity contribution < 1.29 is 18.7 Å². The van der Waals surface area contributed by atoms with Crippen LogP contribution in [0.1, 0.15) is 24.6 Å². The molecule has 1 unspecified atom stereocenters. The molecule has 0 aliphatic heterocycles. The number of methoxy groups -OCH3 is 1. The summed E-state index contributed by atoms with van der Waals surface area (Å²) in [4.78, 5) is 12.5. The number of carbonyl (C=O) groups is 1. The third kappa shape index (κ3) is 6.52. The fourth-order valence-corrected chi connectivity index (χ4v) is 4.35. The predicted molar refractivity (Wildman–Crippen MR) is 134 cm³/mol. The molecular weight excluding hydrogens is 464 g/mol. The van der Waals surface area contributed by atoms with E-state index in [0.29, 0.717) is 29.9 Å². The van der Waals surface area contributed by atoms with Crippen molar-refractivity contribution in [1.29, 1.82) is 0 Å². The molecule has 0 radical (unpaired) electrons. The number of amides is 1. The number of thioether (sulfide) groups is 1. The monoisotopic (exact) mass is 492 g/mol. The molecule has 35 heavy (non-hydrogen) atoms. The van der Waals surface area contributed by atoms with Crippen molar-refractivity contribution in [3.63, 3.8) is 0 Å². The van der Waals surface area contributed by atoms with Crippen LogP contribution in [0.25, 0.3) is 11.1 Å². The lowest BCUT2D eigenvalue weighted by Gasteiger charge is -2.13. The number of hydrogen-bond donors (Lipinski definition) is 1. The number of nitrogens with one attached hydrogen (secondary N) is 1. The average molecular weight is 493 g/mol. The van der Waals surface area contributed by atoms with Crippen LogP contribution < -0.4 is 10.1 Å². The van der Waals surface area contributed by atoms with E-state index in [-0.39, 0.29) is 24.3 Å². The Balaban J connectivity index is 1.42. The summed E-state index contributed by atoms with van der Waals surface area (Å²) in [6.07, 6.45) is 1.59. The zero-order chi connectivity index (χ0) is 24.5. The summed E-state index contributed by atoms with van der Waals surface area (Å²) in [5.41, 5.74) is 2.09. The fourth-order valence-electron chi connectivity index (χ4n) is 3.55. The predicted octanol–water partition coefficient (Wildman–Crippen LogP) is 4.73. The van der Waals surface area contributed by atoms with Crippen molar-refractivity contribution in [3.05, 3.63) is 84.6 Å². The molecule has 8 nitrogen and oxygen atoms in total. The van der Waals surface area contributed by atoms with Crippen molar-refractivity contribution >= 4 is 17.7 Å². The van der Waals surface area contributed by atoms with Gasteiger partial charge in [-0.3, -0.25) is 4.79 Å². The highest BCUT2D eigenvalue weighted by molar-refractivity contribution is 7.99. The van der Waals surface area contributed by atoms with Gasteiger partial charge in [-0.05, 0) is 30.7 Å². The Hall–Kier alpha value is -3.56. The molecule has 2 aromatic heterocycles. The van der Waals surface area contributed by atoms with Gasteiger partial charge in [-0.15, -0.1) is 10.2 Å². The number of aromatic nitrogens is 3. The standard InChI is InChI=1S/C26H28N4O4S/c1-19(22-13-8-15-33-22)27-25(31)18-35-26-29-28-24(30(26)14-16-32-2)17-34-23-12-7-6-11-21(23)20-9-4-3-5-10-20/h3-13,15,19H,14,16-18H2,1-2H3,(H,27,31). The third-order valence-corrected chi connectivity index (χ3v) is 6.29. The summed E-state index contributed by atoms with van der Waals surface area (Å²) in [6.45, 7) is 3.16. The highest BCUT2D eigenvalue weighted by atomic mass is 32.2. The number of rotatable bonds is 12. The summed E-state index contributed by atoms with van der Waals surface area (Å²) >= 11 is 1.32. The Morgan fingerprint density at radius 2 is 1.89 bits per heavy atom. The third-order valence-electron chi connectivity index (χ3n) is 5.32. The van der Waals surface area contributed by atoms with E-state index >= 15 is 0 Å². The van der Waals surface area contributed by atoms with Crippen LogP contribution >= 0.6 is 11.8 Å². The number of furan rings is 1. The Kier molecular flexibility index (Phi) is 8.58. The first-order valence-corrected chi connectivity index (χ1v) is 12.3. The van der Waals surface area contributed by atoms with E-state index in [4.69, 9.17) is 13.9 Å². The molecule has 182 valence electrons. The molecule has 4 aromatic rings. The van der Waals surface area contributed by atoms with E-state index in [9.17, 15) is 4.79 Å². The van der Waals surface area contributed by atoms with Crippen molar-refractivity contribution in [2.75, 3.05) is 19.5 Å². The summed E-state index contributed by atoms with van der Waals surface area (Å²) in [7, 11) is 1.65. The molecule has 1 atom stereocenters. The number of benzene rings is 2. The average Bonchev–Trinajstić information content (AvgIpc) is 3.56. The van der Waals surface area contributed by atoms with Gasteiger partial charge in [0.05, 0.1) is 24.7 Å². The van der Waals surface area contributed by atoms with Gasteiger partial charge in [-0.1, -0.05) is 60.3 Å². The lowest BCUT2D eigenvalue weighted by Crippen LogP contribution is -2.28. The zero-order valence-corrected chi connectivity index (χ0v) is 20.5. The van der Waals surface area contributed by atoms with Crippen LogP contribution in [0.2, 0.25) is 0 Å². The molecule has 2 aromatic carbocycles. The first-order chi connectivity index (χ1) is 17.2. The molecule has 0 spiro atoms. The summed E-state index contributed by atoms with van der Waals surface area (Å²) in [5.74, 6) is 2.22. The number of nitrogens with zero attached hydrogens (tertiary/aromatic N) is 3. The molecule has 9 heteroatoms. The molecular formula is C26H28N4O4S. The summed E-state index contributed by atoms with van der Waals surface area (Å²) in [6, 6.07) is 21.4. The molecule has 0 aliphatic carbocycles. The molecule has 4 rings (SSSR count).